The van der Waals surface area contributed by atoms with E-state index in [9.17, 15) is 27.6 Å². The molecule has 1 saturated heterocycles. The maximum absolute atomic E-state index is 14.3. The van der Waals surface area contributed by atoms with Crippen LogP contribution in [0.25, 0.3) is 11.1 Å². The summed E-state index contributed by atoms with van der Waals surface area (Å²) < 4.78 is 49.0. The Hall–Kier alpha value is -5.24. The number of piperidine rings is 1. The van der Waals surface area contributed by atoms with Crippen molar-refractivity contribution < 1.29 is 32.3 Å². The molecular weight excluding hydrogens is 706 g/mol. The Bertz CT molecular complexity index is 2040. The average molecular weight is 745 g/mol. The molecule has 7 rings (SSSR count). The number of nitrogens with zero attached hydrogens (tertiary/aromatic N) is 3. The summed E-state index contributed by atoms with van der Waals surface area (Å²) in [6.07, 6.45) is 0.220. The van der Waals surface area contributed by atoms with E-state index in [2.05, 4.69) is 20.9 Å². The van der Waals surface area contributed by atoms with Gasteiger partial charge in [0.2, 0.25) is 11.8 Å². The zero-order valence-corrected chi connectivity index (χ0v) is 30.1. The zero-order chi connectivity index (χ0) is 37.3. The molecule has 53 heavy (non-hydrogen) atoms. The summed E-state index contributed by atoms with van der Waals surface area (Å²) in [4.78, 5) is 45.3. The highest BCUT2D eigenvalue weighted by molar-refractivity contribution is 8.00. The zero-order valence-electron chi connectivity index (χ0n) is 29.3. The molecule has 2 atom stereocenters. The first-order chi connectivity index (χ1) is 25.4. The van der Waals surface area contributed by atoms with Crippen LogP contribution >= 0.6 is 11.8 Å². The lowest BCUT2D eigenvalue weighted by atomic mass is 9.99. The molecular formula is C39H39F3N6O4S. The van der Waals surface area contributed by atoms with Crippen LogP contribution in [0.4, 0.5) is 30.4 Å². The molecule has 1 aromatic heterocycles. The number of fused-ring (bicyclic) bond motifs is 2. The van der Waals surface area contributed by atoms with E-state index in [1.165, 1.54) is 22.7 Å². The van der Waals surface area contributed by atoms with Crippen LogP contribution in [0.5, 0.6) is 5.75 Å². The minimum Gasteiger partial charge on any atom is -0.494 e. The second kappa shape index (κ2) is 15.0. The standard InChI is InChI=1S/C39H39F3N6O4S/c1-47(2)34-14-7-24(21-44-34)23-6-10-29(30(19-23)39(40,41)42)37-45-31-12-8-26(20-33(31)53-37)43-16-4-3-5-17-52-27-9-11-28-25(18-27)22-48(38(28)51)32-13-15-35(49)46-36(32)50/h6-12,14,18-21,32,37,43,45H,3-5,13,15-17,22H2,1-2H3,(H,46,49,50). The molecule has 0 saturated carbocycles. The number of anilines is 3. The fraction of sp³-hybridized carbons (Fsp3) is 0.333. The van der Waals surface area contributed by atoms with Crippen LogP contribution in [-0.4, -0.2) is 60.9 Å². The largest absolute Gasteiger partial charge is 0.494 e. The predicted molar refractivity (Wildman–Crippen MR) is 198 cm³/mol. The molecule has 3 aliphatic rings. The summed E-state index contributed by atoms with van der Waals surface area (Å²) in [6, 6.07) is 18.5. The molecule has 2 unspecified atom stereocenters. The van der Waals surface area contributed by atoms with Gasteiger partial charge in [-0.3, -0.25) is 19.7 Å². The molecule has 0 aliphatic carbocycles. The van der Waals surface area contributed by atoms with Gasteiger partial charge in [-0.1, -0.05) is 23.9 Å². The fourth-order valence-corrected chi connectivity index (χ4v) is 8.01. The molecule has 4 heterocycles. The lowest BCUT2D eigenvalue weighted by molar-refractivity contribution is -0.138. The van der Waals surface area contributed by atoms with Crippen molar-refractivity contribution in [1.82, 2.24) is 15.2 Å². The molecule has 3 amide bonds. The average Bonchev–Trinajstić information content (AvgIpc) is 3.70. The summed E-state index contributed by atoms with van der Waals surface area (Å²) in [5.41, 5.74) is 3.62. The van der Waals surface area contributed by atoms with Gasteiger partial charge in [-0.05, 0) is 97.0 Å². The third-order valence-corrected chi connectivity index (χ3v) is 10.8. The summed E-state index contributed by atoms with van der Waals surface area (Å²) in [7, 11) is 3.71. The van der Waals surface area contributed by atoms with Gasteiger partial charge in [-0.15, -0.1) is 0 Å². The van der Waals surface area contributed by atoms with Gasteiger partial charge in [-0.25, -0.2) is 4.98 Å². The number of carbonyl (C=O) groups is 3. The first-order valence-electron chi connectivity index (χ1n) is 17.5. The highest BCUT2D eigenvalue weighted by Crippen LogP contribution is 2.50. The van der Waals surface area contributed by atoms with E-state index < -0.39 is 29.1 Å². The van der Waals surface area contributed by atoms with E-state index in [4.69, 9.17) is 4.74 Å². The first kappa shape index (κ1) is 36.1. The van der Waals surface area contributed by atoms with E-state index in [0.29, 0.717) is 42.0 Å². The third kappa shape index (κ3) is 7.92. The fourth-order valence-electron chi connectivity index (χ4n) is 6.79. The minimum atomic E-state index is -4.53. The van der Waals surface area contributed by atoms with E-state index in [1.54, 1.807) is 42.6 Å². The Morgan fingerprint density at radius 2 is 1.81 bits per heavy atom. The van der Waals surface area contributed by atoms with Gasteiger partial charge in [0.25, 0.3) is 5.91 Å². The van der Waals surface area contributed by atoms with E-state index >= 15 is 0 Å². The van der Waals surface area contributed by atoms with Crippen LogP contribution in [0.3, 0.4) is 0 Å². The lowest BCUT2D eigenvalue weighted by Crippen LogP contribution is -2.52. The van der Waals surface area contributed by atoms with Crippen LogP contribution in [0.15, 0.2) is 77.8 Å². The molecule has 0 spiro atoms. The molecule has 0 radical (unpaired) electrons. The molecule has 3 aliphatic heterocycles. The minimum absolute atomic E-state index is 0.180. The van der Waals surface area contributed by atoms with Crippen molar-refractivity contribution in [3.05, 3.63) is 95.2 Å². The number of halogens is 3. The van der Waals surface area contributed by atoms with E-state index in [1.807, 2.05) is 43.3 Å². The first-order valence-corrected chi connectivity index (χ1v) is 18.4. The topological polar surface area (TPSA) is 116 Å². The predicted octanol–water partition coefficient (Wildman–Crippen LogP) is 7.47. The van der Waals surface area contributed by atoms with E-state index in [-0.39, 0.29) is 23.8 Å². The smallest absolute Gasteiger partial charge is 0.416 e. The second-order valence-electron chi connectivity index (χ2n) is 13.5. The number of imide groups is 1. The van der Waals surface area contributed by atoms with Gasteiger partial charge in [0.05, 0.1) is 12.2 Å². The summed E-state index contributed by atoms with van der Waals surface area (Å²) in [5, 5.41) is 8.42. The molecule has 3 N–H and O–H groups in total. The van der Waals surface area contributed by atoms with Gasteiger partial charge >= 0.3 is 6.18 Å². The number of aromatic nitrogens is 1. The van der Waals surface area contributed by atoms with Gasteiger partial charge in [0, 0.05) is 67.2 Å². The third-order valence-electron chi connectivity index (χ3n) is 9.61. The molecule has 1 fully saturated rings. The number of pyridine rings is 1. The number of unbranched alkanes of at least 4 members (excludes halogenated alkanes) is 2. The van der Waals surface area contributed by atoms with Crippen molar-refractivity contribution in [1.29, 1.82) is 0 Å². The van der Waals surface area contributed by atoms with Gasteiger partial charge in [0.1, 0.15) is 23.0 Å². The Morgan fingerprint density at radius 3 is 2.57 bits per heavy atom. The molecule has 4 aromatic rings. The SMILES string of the molecule is CN(C)c1ccc(-c2ccc(C3Nc4ccc(NCCCCCOc5ccc6c(c5)CN(C5CCC(=O)NC5=O)C6=O)cc4S3)c(C(F)(F)F)c2)cn1. The Balaban J connectivity index is 0.874. The van der Waals surface area contributed by atoms with Gasteiger partial charge in [-0.2, -0.15) is 13.2 Å². The quantitative estimate of drug-likeness (QED) is 0.100. The van der Waals surface area contributed by atoms with Crippen LogP contribution in [0.2, 0.25) is 0 Å². The summed E-state index contributed by atoms with van der Waals surface area (Å²) in [6.45, 7) is 1.53. The number of benzene rings is 3. The normalized spacial score (nSPS) is 18.0. The van der Waals surface area contributed by atoms with Crippen molar-refractivity contribution in [3.63, 3.8) is 0 Å². The molecule has 3 aromatic carbocycles. The summed E-state index contributed by atoms with van der Waals surface area (Å²) >= 11 is 1.37. The summed E-state index contributed by atoms with van der Waals surface area (Å²) in [5.74, 6) is 0.419. The van der Waals surface area contributed by atoms with Crippen molar-refractivity contribution in [2.45, 2.75) is 61.1 Å². The van der Waals surface area contributed by atoms with Crippen molar-refractivity contribution in [3.8, 4) is 16.9 Å². The number of amides is 3. The lowest BCUT2D eigenvalue weighted by Gasteiger charge is -2.29. The Kier molecular flexibility index (Phi) is 10.2. The number of ether oxygens (including phenoxy) is 1. The monoisotopic (exact) mass is 744 g/mol. The maximum Gasteiger partial charge on any atom is 0.416 e. The van der Waals surface area contributed by atoms with Crippen molar-refractivity contribution in [2.75, 3.05) is 42.8 Å². The number of hydrogen-bond donors (Lipinski definition) is 3. The highest BCUT2D eigenvalue weighted by atomic mass is 32.2. The molecule has 276 valence electrons. The van der Waals surface area contributed by atoms with E-state index in [0.717, 1.165) is 53.5 Å². The Morgan fingerprint density at radius 1 is 0.981 bits per heavy atom. The maximum atomic E-state index is 14.3. The molecule has 10 nitrogen and oxygen atoms in total. The number of carbonyl (C=O) groups excluding carboxylic acids is 3. The van der Waals surface area contributed by atoms with Crippen molar-refractivity contribution >= 4 is 46.7 Å². The van der Waals surface area contributed by atoms with Crippen LogP contribution in [-0.2, 0) is 22.3 Å². The number of hydrogen-bond acceptors (Lipinski definition) is 9. The second-order valence-corrected chi connectivity index (χ2v) is 14.7. The van der Waals surface area contributed by atoms with Crippen LogP contribution < -0.4 is 25.6 Å². The molecule has 0 bridgehead atoms. The van der Waals surface area contributed by atoms with Crippen LogP contribution in [0, 0.1) is 0 Å². The van der Waals surface area contributed by atoms with Gasteiger partial charge < -0.3 is 25.2 Å². The van der Waals surface area contributed by atoms with Gasteiger partial charge in [0.15, 0.2) is 0 Å². The van der Waals surface area contributed by atoms with Crippen molar-refractivity contribution in [2.24, 2.45) is 0 Å². The number of thioether (sulfide) groups is 1. The van der Waals surface area contributed by atoms with Crippen LogP contribution in [0.1, 0.15) is 64.5 Å². The molecule has 14 heteroatoms. The number of rotatable bonds is 12. The highest BCUT2D eigenvalue weighted by Gasteiger charge is 2.40. The number of alkyl halides is 3. The number of nitrogens with one attached hydrogen (secondary N) is 3. The Labute approximate surface area is 309 Å².